The molecule has 0 saturated heterocycles. The zero-order valence-electron chi connectivity index (χ0n) is 13.8. The zero-order chi connectivity index (χ0) is 19.6. The first kappa shape index (κ1) is 25.9. The van der Waals surface area contributed by atoms with Crippen molar-refractivity contribution in [1.82, 2.24) is 0 Å². The van der Waals surface area contributed by atoms with Crippen molar-refractivity contribution in [2.75, 3.05) is 13.2 Å². The van der Waals surface area contributed by atoms with Crippen molar-refractivity contribution >= 4 is 7.82 Å². The van der Waals surface area contributed by atoms with Crippen LogP contribution in [0.3, 0.4) is 0 Å². The lowest BCUT2D eigenvalue weighted by atomic mass is 10.2. The lowest BCUT2D eigenvalue weighted by molar-refractivity contribution is -0.251. The summed E-state index contributed by atoms with van der Waals surface area (Å²) in [6.07, 6.45) is -7.60. The standard InChI is InChI=1S/C8H18N.C4H5F6O4P/c1-5-7(3)9-8(4)6-2;5-3(6,7)1-13-15(11,12)14-2-4(8,9)10/h7-8H,5-6H2,1-4H3;1-2H2,(H,11,12)/q-1;/p-1. The molecule has 2 unspecified atom stereocenters. The molecule has 0 saturated carbocycles. The van der Waals surface area contributed by atoms with Crippen LogP contribution in [0.5, 0.6) is 0 Å². The van der Waals surface area contributed by atoms with E-state index in [1.54, 1.807) is 0 Å². The van der Waals surface area contributed by atoms with Gasteiger partial charge in [0.2, 0.25) is 0 Å². The van der Waals surface area contributed by atoms with E-state index in [0.29, 0.717) is 12.1 Å². The molecule has 0 aliphatic heterocycles. The van der Waals surface area contributed by atoms with E-state index in [0.717, 1.165) is 0 Å². The van der Waals surface area contributed by atoms with Crippen molar-refractivity contribution < 1.29 is 44.8 Å². The Morgan fingerprint density at radius 3 is 1.42 bits per heavy atom. The molecule has 0 aliphatic carbocycles. The summed E-state index contributed by atoms with van der Waals surface area (Å²) in [5.41, 5.74) is 0. The molecular weight excluding hydrogens is 367 g/mol. The Hall–Kier alpha value is -0.350. The van der Waals surface area contributed by atoms with Crippen LogP contribution >= 0.6 is 7.82 Å². The maximum Gasteiger partial charge on any atom is 0.412 e. The fourth-order valence-corrected chi connectivity index (χ4v) is 1.67. The van der Waals surface area contributed by atoms with Crippen LogP contribution in [-0.4, -0.2) is 37.7 Å². The third-order valence-corrected chi connectivity index (χ3v) is 3.35. The topological polar surface area (TPSA) is 72.7 Å². The summed E-state index contributed by atoms with van der Waals surface area (Å²) < 4.78 is 85.0. The van der Waals surface area contributed by atoms with Crippen LogP contribution in [0.4, 0.5) is 26.3 Å². The average Bonchev–Trinajstić information content (AvgIpc) is 2.42. The predicted octanol–water partition coefficient (Wildman–Crippen LogP) is 4.57. The van der Waals surface area contributed by atoms with E-state index in [1.165, 1.54) is 12.8 Å². The Bertz CT molecular complexity index is 348. The van der Waals surface area contributed by atoms with E-state index in [1.807, 2.05) is 0 Å². The Labute approximate surface area is 137 Å². The Kier molecular flexibility index (Phi) is 12.2. The van der Waals surface area contributed by atoms with E-state index < -0.39 is 33.4 Å². The lowest BCUT2D eigenvalue weighted by Gasteiger charge is -2.33. The molecule has 2 atom stereocenters. The highest BCUT2D eigenvalue weighted by atomic mass is 31.2. The van der Waals surface area contributed by atoms with Crippen LogP contribution < -0.4 is 4.89 Å². The van der Waals surface area contributed by atoms with Gasteiger partial charge in [0, 0.05) is 0 Å². The molecule has 148 valence electrons. The van der Waals surface area contributed by atoms with Crippen LogP contribution in [0, 0.1) is 0 Å². The minimum absolute atomic E-state index is 0.556. The van der Waals surface area contributed by atoms with Gasteiger partial charge < -0.3 is 19.3 Å². The van der Waals surface area contributed by atoms with E-state index >= 15 is 0 Å². The van der Waals surface area contributed by atoms with E-state index in [4.69, 9.17) is 0 Å². The molecule has 12 heteroatoms. The minimum Gasteiger partial charge on any atom is -0.756 e. The van der Waals surface area contributed by atoms with Gasteiger partial charge in [0.1, 0.15) is 0 Å². The van der Waals surface area contributed by atoms with Gasteiger partial charge in [-0.1, -0.05) is 40.5 Å². The number of rotatable bonds is 8. The zero-order valence-corrected chi connectivity index (χ0v) is 14.7. The number of phosphoric acid groups is 1. The maximum atomic E-state index is 11.4. The first-order chi connectivity index (χ1) is 10.6. The number of alkyl halides is 6. The first-order valence-electron chi connectivity index (χ1n) is 7.05. The molecule has 0 fully saturated rings. The third kappa shape index (κ3) is 19.7. The lowest BCUT2D eigenvalue weighted by Crippen LogP contribution is -2.23. The van der Waals surface area contributed by atoms with Crippen LogP contribution in [0.2, 0.25) is 0 Å². The Balaban J connectivity index is 0. The summed E-state index contributed by atoms with van der Waals surface area (Å²) in [4.78, 5) is 10.3. The second kappa shape index (κ2) is 11.3. The van der Waals surface area contributed by atoms with Crippen LogP contribution in [0.25, 0.3) is 5.32 Å². The summed E-state index contributed by atoms with van der Waals surface area (Å²) in [6.45, 7) is 4.24. The largest absolute Gasteiger partial charge is 0.756 e. The van der Waals surface area contributed by atoms with Gasteiger partial charge in [0.25, 0.3) is 7.82 Å². The maximum absolute atomic E-state index is 11.4. The molecule has 0 heterocycles. The van der Waals surface area contributed by atoms with E-state index in [-0.39, 0.29) is 0 Å². The van der Waals surface area contributed by atoms with Crippen molar-refractivity contribution in [1.29, 1.82) is 0 Å². The average molecular weight is 389 g/mol. The van der Waals surface area contributed by atoms with Gasteiger partial charge in [0.05, 0.1) is 0 Å². The van der Waals surface area contributed by atoms with Crippen molar-refractivity contribution in [3.8, 4) is 0 Å². The molecule has 5 nitrogen and oxygen atoms in total. The number of phosphoric ester groups is 1. The van der Waals surface area contributed by atoms with Crippen molar-refractivity contribution in [2.24, 2.45) is 0 Å². The van der Waals surface area contributed by atoms with Crippen LogP contribution in [0.1, 0.15) is 40.5 Å². The number of halogens is 6. The van der Waals surface area contributed by atoms with Gasteiger partial charge in [-0.05, 0) is 0 Å². The highest BCUT2D eigenvalue weighted by Gasteiger charge is 2.33. The molecule has 24 heavy (non-hydrogen) atoms. The second-order valence-corrected chi connectivity index (χ2v) is 6.30. The quantitative estimate of drug-likeness (QED) is 0.450. The van der Waals surface area contributed by atoms with Gasteiger partial charge in [-0.2, -0.15) is 26.3 Å². The number of nitrogens with zero attached hydrogens (tertiary/aromatic N) is 1. The summed E-state index contributed by atoms with van der Waals surface area (Å²) in [5, 5.41) is 4.51. The fraction of sp³-hybridized carbons (Fsp3) is 1.00. The second-order valence-electron chi connectivity index (χ2n) is 4.89. The summed E-state index contributed by atoms with van der Waals surface area (Å²) in [7, 11) is -5.58. The highest BCUT2D eigenvalue weighted by molar-refractivity contribution is 7.45. The van der Waals surface area contributed by atoms with Gasteiger partial charge in [-0.25, -0.2) is 0 Å². The monoisotopic (exact) mass is 389 g/mol. The molecule has 0 bridgehead atoms. The van der Waals surface area contributed by atoms with Crippen molar-refractivity contribution in [3.63, 3.8) is 0 Å². The molecule has 0 radical (unpaired) electrons. The molecule has 0 aromatic rings. The number of hydrogen-bond acceptors (Lipinski definition) is 4. The minimum atomic E-state index is -5.58. The van der Waals surface area contributed by atoms with Crippen LogP contribution in [-0.2, 0) is 13.6 Å². The summed E-state index contributed by atoms with van der Waals surface area (Å²) >= 11 is 0. The Morgan fingerprint density at radius 1 is 0.917 bits per heavy atom. The fourth-order valence-electron chi connectivity index (χ4n) is 0.987. The Morgan fingerprint density at radius 2 is 1.21 bits per heavy atom. The molecule has 0 spiro atoms. The predicted molar refractivity (Wildman–Crippen MR) is 74.5 cm³/mol. The smallest absolute Gasteiger partial charge is 0.412 e. The number of hydrogen-bond donors (Lipinski definition) is 0. The van der Waals surface area contributed by atoms with E-state index in [9.17, 15) is 35.8 Å². The molecule has 0 rings (SSSR count). The van der Waals surface area contributed by atoms with Crippen LogP contribution in [0.15, 0.2) is 0 Å². The molecule has 0 aliphatic rings. The summed E-state index contributed by atoms with van der Waals surface area (Å²) in [5.74, 6) is 0. The molecule has 0 aromatic carbocycles. The normalized spacial score (nSPS) is 15.5. The van der Waals surface area contributed by atoms with Gasteiger partial charge in [0.15, 0.2) is 13.2 Å². The van der Waals surface area contributed by atoms with Crippen molar-refractivity contribution in [2.45, 2.75) is 65.0 Å². The molecule has 0 amide bonds. The summed E-state index contributed by atoms with van der Waals surface area (Å²) in [6, 6.07) is 1.11. The molecule has 0 N–H and O–H groups in total. The molecular formula is C12H22F6NO4P-2. The van der Waals surface area contributed by atoms with Gasteiger partial charge in [-0.3, -0.25) is 4.57 Å². The third-order valence-electron chi connectivity index (χ3n) is 2.46. The first-order valence-corrected chi connectivity index (χ1v) is 8.51. The highest BCUT2D eigenvalue weighted by Crippen LogP contribution is 2.41. The van der Waals surface area contributed by atoms with Crippen molar-refractivity contribution in [3.05, 3.63) is 5.32 Å². The van der Waals surface area contributed by atoms with Gasteiger partial charge in [-0.15, -0.1) is 12.1 Å². The molecule has 0 aromatic heterocycles. The SMILES string of the molecule is CCC(C)[N-]C(C)CC.O=P([O-])(OCC(F)(F)F)OCC(F)(F)F. The van der Waals surface area contributed by atoms with E-state index in [2.05, 4.69) is 42.1 Å². The van der Waals surface area contributed by atoms with Gasteiger partial charge >= 0.3 is 12.4 Å².